The first-order chi connectivity index (χ1) is 14.0. The number of hydrogen-bond acceptors (Lipinski definition) is 4. The first-order valence-electron chi connectivity index (χ1n) is 9.85. The SMILES string of the molecule is CCOCCCN1C(=O)C(Nc2ccc(CC)cc2)=C(c2ccc(F)cc2)C1=O. The maximum absolute atomic E-state index is 13.4. The summed E-state index contributed by atoms with van der Waals surface area (Å²) in [6.07, 6.45) is 1.47. The molecule has 0 fully saturated rings. The van der Waals surface area contributed by atoms with Crippen molar-refractivity contribution in [1.29, 1.82) is 0 Å². The van der Waals surface area contributed by atoms with Crippen LogP contribution in [0.3, 0.4) is 0 Å². The molecule has 6 heteroatoms. The highest BCUT2D eigenvalue weighted by atomic mass is 19.1. The molecule has 1 aliphatic rings. The van der Waals surface area contributed by atoms with Gasteiger partial charge in [-0.3, -0.25) is 14.5 Å². The average molecular weight is 396 g/mol. The molecule has 2 amide bonds. The Morgan fingerprint density at radius 1 is 0.966 bits per heavy atom. The topological polar surface area (TPSA) is 58.6 Å². The van der Waals surface area contributed by atoms with Crippen LogP contribution in [0.4, 0.5) is 10.1 Å². The number of benzene rings is 2. The number of amides is 2. The van der Waals surface area contributed by atoms with Crippen molar-refractivity contribution in [2.24, 2.45) is 0 Å². The number of imide groups is 1. The monoisotopic (exact) mass is 396 g/mol. The van der Waals surface area contributed by atoms with E-state index in [9.17, 15) is 14.0 Å². The predicted octanol–water partition coefficient (Wildman–Crippen LogP) is 4.01. The molecule has 0 saturated carbocycles. The summed E-state index contributed by atoms with van der Waals surface area (Å²) in [7, 11) is 0. The molecule has 2 aromatic rings. The molecule has 0 spiro atoms. The summed E-state index contributed by atoms with van der Waals surface area (Å²) in [5.74, 6) is -1.17. The van der Waals surface area contributed by atoms with Gasteiger partial charge in [-0.15, -0.1) is 0 Å². The van der Waals surface area contributed by atoms with Crippen molar-refractivity contribution in [2.45, 2.75) is 26.7 Å². The van der Waals surface area contributed by atoms with E-state index in [4.69, 9.17) is 4.74 Å². The Morgan fingerprint density at radius 2 is 1.66 bits per heavy atom. The smallest absolute Gasteiger partial charge is 0.278 e. The highest BCUT2D eigenvalue weighted by molar-refractivity contribution is 6.36. The zero-order chi connectivity index (χ0) is 20.8. The molecule has 3 rings (SSSR count). The van der Waals surface area contributed by atoms with E-state index in [1.807, 2.05) is 31.2 Å². The van der Waals surface area contributed by atoms with Crippen LogP contribution in [-0.2, 0) is 20.7 Å². The fourth-order valence-corrected chi connectivity index (χ4v) is 3.22. The molecule has 2 aromatic carbocycles. The second-order valence-corrected chi connectivity index (χ2v) is 6.74. The molecule has 0 aliphatic carbocycles. The van der Waals surface area contributed by atoms with Crippen molar-refractivity contribution in [2.75, 3.05) is 25.1 Å². The quantitative estimate of drug-likeness (QED) is 0.514. The number of anilines is 1. The number of nitrogens with one attached hydrogen (secondary N) is 1. The normalized spacial score (nSPS) is 14.1. The van der Waals surface area contributed by atoms with Gasteiger partial charge in [0.1, 0.15) is 11.5 Å². The number of carbonyl (C=O) groups is 2. The minimum Gasteiger partial charge on any atom is -0.382 e. The van der Waals surface area contributed by atoms with Crippen LogP contribution in [0.25, 0.3) is 5.57 Å². The van der Waals surface area contributed by atoms with Gasteiger partial charge in [0, 0.05) is 25.4 Å². The van der Waals surface area contributed by atoms with Gasteiger partial charge in [0.15, 0.2) is 0 Å². The van der Waals surface area contributed by atoms with Crippen LogP contribution in [-0.4, -0.2) is 36.5 Å². The summed E-state index contributed by atoms with van der Waals surface area (Å²) in [6, 6.07) is 13.3. The van der Waals surface area contributed by atoms with Crippen LogP contribution >= 0.6 is 0 Å². The van der Waals surface area contributed by atoms with Gasteiger partial charge >= 0.3 is 0 Å². The third-order valence-electron chi connectivity index (χ3n) is 4.81. The zero-order valence-corrected chi connectivity index (χ0v) is 16.7. The minimum absolute atomic E-state index is 0.210. The fourth-order valence-electron chi connectivity index (χ4n) is 3.22. The Morgan fingerprint density at radius 3 is 2.28 bits per heavy atom. The Bertz CT molecular complexity index is 905. The molecule has 0 bridgehead atoms. The van der Waals surface area contributed by atoms with Gasteiger partial charge in [0.25, 0.3) is 11.8 Å². The van der Waals surface area contributed by atoms with Gasteiger partial charge < -0.3 is 10.1 Å². The van der Waals surface area contributed by atoms with Crippen molar-refractivity contribution in [1.82, 2.24) is 4.90 Å². The average Bonchev–Trinajstić information content (AvgIpc) is 2.96. The Hall–Kier alpha value is -2.99. The van der Waals surface area contributed by atoms with Gasteiger partial charge in [-0.2, -0.15) is 0 Å². The largest absolute Gasteiger partial charge is 0.382 e. The molecule has 0 atom stereocenters. The summed E-state index contributed by atoms with van der Waals surface area (Å²) < 4.78 is 18.7. The van der Waals surface area contributed by atoms with Crippen molar-refractivity contribution < 1.29 is 18.7 Å². The van der Waals surface area contributed by atoms with Crippen LogP contribution in [0.15, 0.2) is 54.2 Å². The van der Waals surface area contributed by atoms with Crippen LogP contribution in [0.2, 0.25) is 0 Å². The van der Waals surface area contributed by atoms with Crippen LogP contribution in [0.5, 0.6) is 0 Å². The second kappa shape index (κ2) is 9.47. The lowest BCUT2D eigenvalue weighted by Gasteiger charge is -2.15. The van der Waals surface area contributed by atoms with Crippen LogP contribution in [0, 0.1) is 5.82 Å². The van der Waals surface area contributed by atoms with Gasteiger partial charge in [-0.05, 0) is 55.2 Å². The Balaban J connectivity index is 1.91. The van der Waals surface area contributed by atoms with E-state index < -0.39 is 5.82 Å². The number of rotatable bonds is 9. The summed E-state index contributed by atoms with van der Waals surface area (Å²) in [5, 5.41) is 3.11. The van der Waals surface area contributed by atoms with E-state index in [2.05, 4.69) is 12.2 Å². The zero-order valence-electron chi connectivity index (χ0n) is 16.7. The fraction of sp³-hybridized carbons (Fsp3) is 0.304. The third-order valence-corrected chi connectivity index (χ3v) is 4.81. The molecule has 1 aliphatic heterocycles. The number of ether oxygens (including phenoxy) is 1. The van der Waals surface area contributed by atoms with Crippen molar-refractivity contribution in [3.8, 4) is 0 Å². The molecule has 0 unspecified atom stereocenters. The first-order valence-corrected chi connectivity index (χ1v) is 9.85. The number of aryl methyl sites for hydroxylation is 1. The van der Waals surface area contributed by atoms with Gasteiger partial charge in [-0.25, -0.2) is 4.39 Å². The lowest BCUT2D eigenvalue weighted by atomic mass is 10.0. The van der Waals surface area contributed by atoms with E-state index in [0.717, 1.165) is 6.42 Å². The van der Waals surface area contributed by atoms with Gasteiger partial charge in [0.05, 0.1) is 5.57 Å². The van der Waals surface area contributed by atoms with E-state index in [1.165, 1.54) is 34.7 Å². The minimum atomic E-state index is -0.399. The first kappa shape index (κ1) is 20.7. The van der Waals surface area contributed by atoms with Crippen molar-refractivity contribution in [3.63, 3.8) is 0 Å². The molecule has 29 heavy (non-hydrogen) atoms. The highest BCUT2D eigenvalue weighted by Gasteiger charge is 2.38. The predicted molar refractivity (Wildman–Crippen MR) is 111 cm³/mol. The molecular formula is C23H25FN2O3. The molecule has 0 saturated heterocycles. The molecule has 1 heterocycles. The Kier molecular flexibility index (Phi) is 6.77. The maximum Gasteiger partial charge on any atom is 0.278 e. The van der Waals surface area contributed by atoms with E-state index in [0.29, 0.717) is 30.9 Å². The van der Waals surface area contributed by atoms with Crippen LogP contribution in [0.1, 0.15) is 31.4 Å². The number of nitrogens with zero attached hydrogens (tertiary/aromatic N) is 1. The standard InChI is InChI=1S/C23H25FN2O3/c1-3-16-6-12-19(13-7-16)25-21-20(17-8-10-18(24)11-9-17)22(27)26(23(21)28)14-5-15-29-4-2/h6-13,25H,3-5,14-15H2,1-2H3. The van der Waals surface area contributed by atoms with E-state index in [-0.39, 0.29) is 29.6 Å². The number of halogens is 1. The van der Waals surface area contributed by atoms with Crippen LogP contribution < -0.4 is 5.32 Å². The lowest BCUT2D eigenvalue weighted by Crippen LogP contribution is -2.34. The van der Waals surface area contributed by atoms with Crippen molar-refractivity contribution in [3.05, 3.63) is 71.2 Å². The maximum atomic E-state index is 13.4. The summed E-state index contributed by atoms with van der Waals surface area (Å²) in [6.45, 7) is 5.29. The summed E-state index contributed by atoms with van der Waals surface area (Å²) >= 11 is 0. The number of hydrogen-bond donors (Lipinski definition) is 1. The summed E-state index contributed by atoms with van der Waals surface area (Å²) in [5.41, 5.74) is 2.86. The molecule has 0 radical (unpaired) electrons. The number of carbonyl (C=O) groups excluding carboxylic acids is 2. The molecular weight excluding hydrogens is 371 g/mol. The lowest BCUT2D eigenvalue weighted by molar-refractivity contribution is -0.137. The molecule has 0 aromatic heterocycles. The molecule has 1 N–H and O–H groups in total. The van der Waals surface area contributed by atoms with E-state index >= 15 is 0 Å². The molecule has 152 valence electrons. The third kappa shape index (κ3) is 4.71. The second-order valence-electron chi connectivity index (χ2n) is 6.74. The van der Waals surface area contributed by atoms with Crippen molar-refractivity contribution >= 4 is 23.1 Å². The van der Waals surface area contributed by atoms with Gasteiger partial charge in [-0.1, -0.05) is 31.2 Å². The van der Waals surface area contributed by atoms with Gasteiger partial charge in [0.2, 0.25) is 0 Å². The highest BCUT2D eigenvalue weighted by Crippen LogP contribution is 2.30. The summed E-state index contributed by atoms with van der Waals surface area (Å²) in [4.78, 5) is 27.3. The Labute approximate surface area is 170 Å². The molecule has 5 nitrogen and oxygen atoms in total. The van der Waals surface area contributed by atoms with E-state index in [1.54, 1.807) is 0 Å².